The average molecular weight is 364 g/mol. The van der Waals surface area contributed by atoms with E-state index in [1.54, 1.807) is 23.1 Å². The molecule has 0 aliphatic carbocycles. The van der Waals surface area contributed by atoms with Crippen LogP contribution >= 0.6 is 0 Å². The fourth-order valence-electron chi connectivity index (χ4n) is 2.62. The first-order valence-electron chi connectivity index (χ1n) is 9.20. The Morgan fingerprint density at radius 3 is 2.31 bits per heavy atom. The van der Waals surface area contributed by atoms with E-state index in [1.165, 1.54) is 6.92 Å². The molecule has 0 heterocycles. The number of anilines is 1. The number of nitrogens with one attached hydrogen (secondary N) is 2. The zero-order chi connectivity index (χ0) is 19.9. The number of hydrogen-bond acceptors (Lipinski definition) is 4. The van der Waals surface area contributed by atoms with Gasteiger partial charge in [0, 0.05) is 42.8 Å². The van der Waals surface area contributed by atoms with Crippen molar-refractivity contribution in [3.8, 4) is 0 Å². The van der Waals surface area contributed by atoms with E-state index in [0.717, 1.165) is 5.56 Å². The molecule has 1 aromatic carbocycles. The summed E-state index contributed by atoms with van der Waals surface area (Å²) in [5.41, 5.74) is 1.81. The Bertz CT molecular complexity index is 619. The minimum absolute atomic E-state index is 0.0804. The zero-order valence-electron chi connectivity index (χ0n) is 16.8. The maximum atomic E-state index is 12.2. The van der Waals surface area contributed by atoms with Crippen molar-refractivity contribution in [3.05, 3.63) is 29.3 Å². The molecule has 0 saturated carbocycles. The second-order valence-electron chi connectivity index (χ2n) is 7.52. The predicted octanol–water partition coefficient (Wildman–Crippen LogP) is 3.05. The van der Waals surface area contributed by atoms with Gasteiger partial charge in [0.05, 0.1) is 6.10 Å². The quantitative estimate of drug-likeness (QED) is 0.620. The molecular weight excluding hydrogens is 330 g/mol. The number of amides is 2. The summed E-state index contributed by atoms with van der Waals surface area (Å²) in [6, 6.07) is 5.07. The van der Waals surface area contributed by atoms with Gasteiger partial charge in [-0.1, -0.05) is 6.07 Å². The van der Waals surface area contributed by atoms with Crippen LogP contribution in [-0.2, 0) is 6.42 Å². The zero-order valence-corrected chi connectivity index (χ0v) is 16.8. The van der Waals surface area contributed by atoms with Crippen LogP contribution in [0.2, 0.25) is 0 Å². The van der Waals surface area contributed by atoms with Crippen LogP contribution in [0.15, 0.2) is 18.2 Å². The molecule has 0 bridgehead atoms. The van der Waals surface area contributed by atoms with Gasteiger partial charge in [-0.25, -0.2) is 4.79 Å². The van der Waals surface area contributed by atoms with Gasteiger partial charge in [0.15, 0.2) is 5.78 Å². The summed E-state index contributed by atoms with van der Waals surface area (Å²) in [5, 5.41) is 16.4. The maximum absolute atomic E-state index is 12.2. The molecule has 0 aliphatic heterocycles. The number of nitrogens with zero attached hydrogens (tertiary/aromatic N) is 1. The Morgan fingerprint density at radius 1 is 1.19 bits per heavy atom. The third-order valence-corrected chi connectivity index (χ3v) is 4.11. The molecule has 6 heteroatoms. The van der Waals surface area contributed by atoms with Gasteiger partial charge in [0.25, 0.3) is 0 Å². The molecule has 0 spiro atoms. The lowest BCUT2D eigenvalue weighted by Gasteiger charge is -2.23. The van der Waals surface area contributed by atoms with Gasteiger partial charge >= 0.3 is 6.03 Å². The van der Waals surface area contributed by atoms with Gasteiger partial charge < -0.3 is 20.6 Å². The van der Waals surface area contributed by atoms with E-state index in [0.29, 0.717) is 37.3 Å². The lowest BCUT2D eigenvalue weighted by molar-refractivity contribution is 0.101. The molecule has 0 fully saturated rings. The van der Waals surface area contributed by atoms with E-state index in [9.17, 15) is 14.7 Å². The molecule has 2 amide bonds. The van der Waals surface area contributed by atoms with Gasteiger partial charge in [0.1, 0.15) is 0 Å². The predicted molar refractivity (Wildman–Crippen MR) is 106 cm³/mol. The minimum Gasteiger partial charge on any atom is -0.391 e. The minimum atomic E-state index is -0.594. The maximum Gasteiger partial charge on any atom is 0.321 e. The van der Waals surface area contributed by atoms with Gasteiger partial charge in [-0.3, -0.25) is 4.79 Å². The molecule has 0 aromatic heterocycles. The average Bonchev–Trinajstić information content (AvgIpc) is 2.54. The lowest BCUT2D eigenvalue weighted by Crippen LogP contribution is -2.41. The number of ketones is 1. The summed E-state index contributed by atoms with van der Waals surface area (Å²) in [4.78, 5) is 25.9. The molecule has 146 valence electrons. The summed E-state index contributed by atoms with van der Waals surface area (Å²) >= 11 is 0. The number of carbonyl (C=O) groups excluding carboxylic acids is 2. The normalized spacial score (nSPS) is 12.6. The van der Waals surface area contributed by atoms with E-state index in [4.69, 9.17) is 0 Å². The van der Waals surface area contributed by atoms with E-state index in [1.807, 2.05) is 34.6 Å². The van der Waals surface area contributed by atoms with Crippen LogP contribution in [-0.4, -0.2) is 53.1 Å². The van der Waals surface area contributed by atoms with E-state index in [2.05, 4.69) is 10.6 Å². The van der Waals surface area contributed by atoms with Crippen LogP contribution < -0.4 is 10.6 Å². The molecule has 26 heavy (non-hydrogen) atoms. The van der Waals surface area contributed by atoms with Crippen molar-refractivity contribution >= 4 is 17.5 Å². The largest absolute Gasteiger partial charge is 0.391 e. The standard InChI is InChI=1S/C20H33N3O3/c1-7-23(8-2)19(26)22-16-10-9-15(18(12-16)14(3)24)11-17(25)13-21-20(4,5)6/h9-10,12,17,21,25H,7-8,11,13H2,1-6H3,(H,22,26). The highest BCUT2D eigenvalue weighted by molar-refractivity contribution is 5.98. The van der Waals surface area contributed by atoms with Crippen molar-refractivity contribution in [2.45, 2.75) is 59.6 Å². The number of aliphatic hydroxyl groups is 1. The van der Waals surface area contributed by atoms with E-state index in [-0.39, 0.29) is 17.4 Å². The summed E-state index contributed by atoms with van der Waals surface area (Å²) in [6.07, 6.45) is -0.217. The van der Waals surface area contributed by atoms with Crippen LogP contribution in [0.5, 0.6) is 0 Å². The lowest BCUT2D eigenvalue weighted by atomic mass is 9.97. The number of rotatable bonds is 8. The van der Waals surface area contributed by atoms with Crippen molar-refractivity contribution in [1.29, 1.82) is 0 Å². The number of carbonyl (C=O) groups is 2. The molecule has 0 radical (unpaired) electrons. The van der Waals surface area contributed by atoms with Crippen molar-refractivity contribution < 1.29 is 14.7 Å². The summed E-state index contributed by atoms with van der Waals surface area (Å²) in [6.45, 7) is 13.1. The fourth-order valence-corrected chi connectivity index (χ4v) is 2.62. The number of β-amino-alcohol motifs (C(OH)–C–C–N with tert-alkyl or cyclic N) is 1. The molecule has 1 aromatic rings. The van der Waals surface area contributed by atoms with Crippen molar-refractivity contribution in [3.63, 3.8) is 0 Å². The van der Waals surface area contributed by atoms with Gasteiger partial charge in [-0.05, 0) is 59.2 Å². The first-order chi connectivity index (χ1) is 12.1. The van der Waals surface area contributed by atoms with Gasteiger partial charge in [-0.15, -0.1) is 0 Å². The Labute approximate surface area is 157 Å². The first-order valence-corrected chi connectivity index (χ1v) is 9.20. The highest BCUT2D eigenvalue weighted by atomic mass is 16.3. The first kappa shape index (κ1) is 22.1. The smallest absolute Gasteiger partial charge is 0.321 e. The molecule has 1 rings (SSSR count). The number of aliphatic hydroxyl groups excluding tert-OH is 1. The molecule has 1 unspecified atom stereocenters. The Hall–Kier alpha value is -1.92. The van der Waals surface area contributed by atoms with Crippen molar-refractivity contribution in [1.82, 2.24) is 10.2 Å². The van der Waals surface area contributed by atoms with E-state index >= 15 is 0 Å². The third kappa shape index (κ3) is 7.14. The fraction of sp³-hybridized carbons (Fsp3) is 0.600. The Balaban J connectivity index is 2.89. The highest BCUT2D eigenvalue weighted by Crippen LogP contribution is 2.19. The molecule has 0 aliphatic rings. The van der Waals surface area contributed by atoms with Crippen molar-refractivity contribution in [2.24, 2.45) is 0 Å². The Morgan fingerprint density at radius 2 is 1.81 bits per heavy atom. The van der Waals surface area contributed by atoms with Gasteiger partial charge in [0.2, 0.25) is 0 Å². The van der Waals surface area contributed by atoms with Crippen LogP contribution in [0.1, 0.15) is 57.5 Å². The molecule has 3 N–H and O–H groups in total. The highest BCUT2D eigenvalue weighted by Gasteiger charge is 2.17. The summed E-state index contributed by atoms with van der Waals surface area (Å²) < 4.78 is 0. The van der Waals surface area contributed by atoms with Crippen LogP contribution in [0.25, 0.3) is 0 Å². The molecule has 1 atom stereocenters. The van der Waals surface area contributed by atoms with Crippen LogP contribution in [0.4, 0.5) is 10.5 Å². The number of hydrogen-bond donors (Lipinski definition) is 3. The monoisotopic (exact) mass is 363 g/mol. The van der Waals surface area contributed by atoms with Gasteiger partial charge in [-0.2, -0.15) is 0 Å². The SMILES string of the molecule is CCN(CC)C(=O)Nc1ccc(CC(O)CNC(C)(C)C)c(C(C)=O)c1. The number of Topliss-reactive ketones (excluding diaryl/α,β-unsaturated/α-hetero) is 1. The molecule has 6 nitrogen and oxygen atoms in total. The Kier molecular flexibility index (Phi) is 8.24. The molecular formula is C20H33N3O3. The second kappa shape index (κ2) is 9.69. The van der Waals surface area contributed by atoms with Crippen LogP contribution in [0, 0.1) is 0 Å². The summed E-state index contributed by atoms with van der Waals surface area (Å²) in [7, 11) is 0. The third-order valence-electron chi connectivity index (χ3n) is 4.11. The number of benzene rings is 1. The topological polar surface area (TPSA) is 81.7 Å². The number of urea groups is 1. The van der Waals surface area contributed by atoms with Crippen molar-refractivity contribution in [2.75, 3.05) is 25.0 Å². The van der Waals surface area contributed by atoms with E-state index < -0.39 is 6.10 Å². The summed E-state index contributed by atoms with van der Waals surface area (Å²) in [5.74, 6) is -0.0880. The second-order valence-corrected chi connectivity index (χ2v) is 7.52. The van der Waals surface area contributed by atoms with Crippen LogP contribution in [0.3, 0.4) is 0 Å². The molecule has 0 saturated heterocycles.